The third kappa shape index (κ3) is 12.0. The maximum atomic E-state index is 14.1. The fourth-order valence-corrected chi connectivity index (χ4v) is 12.0. The van der Waals surface area contributed by atoms with Crippen LogP contribution in [0.5, 0.6) is 0 Å². The molecular formula is C46H32F12FeP2. The van der Waals surface area contributed by atoms with Gasteiger partial charge in [0.25, 0.3) is 0 Å². The molecule has 10 radical (unpaired) electrons. The second-order valence-corrected chi connectivity index (χ2v) is 18.2. The van der Waals surface area contributed by atoms with Crippen LogP contribution >= 0.6 is 15.8 Å². The van der Waals surface area contributed by atoms with Gasteiger partial charge < -0.3 is 0 Å². The first-order chi connectivity index (χ1) is 28.2. The molecule has 0 spiro atoms. The molecule has 2 fully saturated rings. The van der Waals surface area contributed by atoms with Crippen LogP contribution < -0.4 is 26.5 Å². The summed E-state index contributed by atoms with van der Waals surface area (Å²) in [6.45, 7) is 1.39. The van der Waals surface area contributed by atoms with Gasteiger partial charge in [-0.3, -0.25) is 0 Å². The van der Waals surface area contributed by atoms with Gasteiger partial charge in [-0.25, -0.2) is 0 Å². The van der Waals surface area contributed by atoms with E-state index in [0.29, 0.717) is 41.7 Å². The van der Waals surface area contributed by atoms with Crippen molar-refractivity contribution in [1.29, 1.82) is 0 Å². The molecule has 1 atom stereocenters. The number of hydrogen-bond donors (Lipinski definition) is 0. The van der Waals surface area contributed by atoms with Gasteiger partial charge in [-0.15, -0.1) is 0 Å². The van der Waals surface area contributed by atoms with E-state index in [-0.39, 0.29) is 29.2 Å². The molecule has 61 heavy (non-hydrogen) atoms. The third-order valence-electron chi connectivity index (χ3n) is 9.41. The minimum atomic E-state index is -5.33. The second kappa shape index (κ2) is 20.0. The van der Waals surface area contributed by atoms with Crippen molar-refractivity contribution in [3.05, 3.63) is 212 Å². The van der Waals surface area contributed by atoms with Crippen molar-refractivity contribution in [2.75, 3.05) is 0 Å². The van der Waals surface area contributed by atoms with E-state index in [1.165, 1.54) is 13.3 Å². The molecule has 0 nitrogen and oxygen atoms in total. The molecule has 318 valence electrons. The van der Waals surface area contributed by atoms with E-state index in [2.05, 4.69) is 0 Å². The largest absolute Gasteiger partial charge is 0.416 e. The Morgan fingerprint density at radius 2 is 0.770 bits per heavy atom. The fourth-order valence-electron chi connectivity index (χ4n) is 6.73. The Morgan fingerprint density at radius 1 is 0.410 bits per heavy atom. The van der Waals surface area contributed by atoms with E-state index >= 15 is 0 Å². The van der Waals surface area contributed by atoms with Crippen molar-refractivity contribution in [1.82, 2.24) is 0 Å². The summed E-state index contributed by atoms with van der Waals surface area (Å²) in [6.07, 6.45) is -6.54. The van der Waals surface area contributed by atoms with Crippen LogP contribution in [0.1, 0.15) is 34.7 Å². The zero-order valence-electron chi connectivity index (χ0n) is 31.5. The van der Waals surface area contributed by atoms with Crippen molar-refractivity contribution in [3.63, 3.8) is 0 Å². The summed E-state index contributed by atoms with van der Waals surface area (Å²) < 4.78 is 170. The Labute approximate surface area is 360 Å². The molecule has 2 aliphatic rings. The zero-order valence-corrected chi connectivity index (χ0v) is 34.4. The van der Waals surface area contributed by atoms with Crippen LogP contribution in [0.2, 0.25) is 0 Å². The Bertz CT molecular complexity index is 1990. The van der Waals surface area contributed by atoms with E-state index in [9.17, 15) is 52.7 Å². The summed E-state index contributed by atoms with van der Waals surface area (Å²) >= 11 is 0. The zero-order chi connectivity index (χ0) is 43.5. The van der Waals surface area contributed by atoms with Gasteiger partial charge in [-0.05, 0) is 147 Å². The first-order valence-electron chi connectivity index (χ1n) is 18.0. The molecule has 2 saturated carbocycles. The Morgan fingerprint density at radius 3 is 1.15 bits per heavy atom. The molecule has 0 heterocycles. The van der Waals surface area contributed by atoms with Gasteiger partial charge in [0.15, 0.2) is 0 Å². The summed E-state index contributed by atoms with van der Waals surface area (Å²) in [7, 11) is -4.10. The molecule has 0 bridgehead atoms. The van der Waals surface area contributed by atoms with E-state index in [1.54, 1.807) is 25.0 Å². The van der Waals surface area contributed by atoms with Crippen LogP contribution in [0, 0.1) is 63.2 Å². The molecular weight excluding hydrogens is 898 g/mol. The summed E-state index contributed by atoms with van der Waals surface area (Å²) in [5.74, 6) is 0.785. The van der Waals surface area contributed by atoms with E-state index in [0.717, 1.165) is 15.9 Å². The predicted octanol–water partition coefficient (Wildman–Crippen LogP) is 12.2. The number of halogens is 12. The average Bonchev–Trinajstić information content (AvgIpc) is 3.95. The first kappa shape index (κ1) is 48.7. The van der Waals surface area contributed by atoms with Gasteiger partial charge >= 0.3 is 24.7 Å². The molecule has 0 saturated heterocycles. The standard InChI is InChI=1S/C41H27F12P2.C5H5.Fe/c1-25(34-16-10-17-35(34)36-15-8-9-18-37(36)55(30-11-4-2-5-12-30)31-13-6-3-7-14-31)54(32-21-26(38(42,43)44)19-27(22-32)39(45,46)47)33-23-28(40(48,49)50)20-29(24-33)41(51,52)53;1-2-4-5-3-1;/h2-25H,1H3;1-5H;/t25-;;/m1../s1. The van der Waals surface area contributed by atoms with Crippen LogP contribution in [0.4, 0.5) is 52.7 Å². The Kier molecular flexibility index (Phi) is 16.0. The van der Waals surface area contributed by atoms with Crippen molar-refractivity contribution in [3.8, 4) is 0 Å². The maximum absolute atomic E-state index is 14.1. The first-order valence-corrected chi connectivity index (χ1v) is 20.8. The number of rotatable bonds is 8. The van der Waals surface area contributed by atoms with Crippen molar-refractivity contribution in [2.24, 2.45) is 0 Å². The third-order valence-corrected chi connectivity index (χ3v) is 14.6. The van der Waals surface area contributed by atoms with Gasteiger partial charge in [0.05, 0.1) is 22.3 Å². The topological polar surface area (TPSA) is 0 Å². The summed E-state index contributed by atoms with van der Waals surface area (Å²) in [4.78, 5) is 0. The fraction of sp³-hybridized carbons (Fsp3) is 0.130. The van der Waals surface area contributed by atoms with Gasteiger partial charge in [0, 0.05) is 23.0 Å². The van der Waals surface area contributed by atoms with Crippen molar-refractivity contribution in [2.45, 2.75) is 37.3 Å². The smallest absolute Gasteiger partial charge is 0.166 e. The van der Waals surface area contributed by atoms with Crippen molar-refractivity contribution >= 4 is 42.4 Å². The predicted molar refractivity (Wildman–Crippen MR) is 214 cm³/mol. The molecule has 0 aromatic heterocycles. The van der Waals surface area contributed by atoms with E-state index in [4.69, 9.17) is 0 Å². The molecule has 15 heteroatoms. The summed E-state index contributed by atoms with van der Waals surface area (Å²) in [5.41, 5.74) is -7.56. The Balaban J connectivity index is 0.00000109. The Hall–Kier alpha value is -3.36. The molecule has 5 aromatic rings. The molecule has 7 rings (SSSR count). The van der Waals surface area contributed by atoms with Crippen LogP contribution in [-0.2, 0) is 41.8 Å². The second-order valence-electron chi connectivity index (χ2n) is 13.5. The van der Waals surface area contributed by atoms with Crippen LogP contribution in [0.15, 0.2) is 121 Å². The van der Waals surface area contributed by atoms with E-state index < -0.39 is 79.1 Å². The summed E-state index contributed by atoms with van der Waals surface area (Å²) in [6, 6.07) is 27.4. The molecule has 0 aliphatic heterocycles. The minimum absolute atomic E-state index is 0. The SMILES string of the molecule is C[C@H]([C]1[CH][CH][CH][C]1c1ccccc1P(c1ccccc1)c1ccccc1)P(c1cc(C(F)(F)F)cc(C(F)(F)F)c1)c1cc(C(F)(F)F)cc(C(F)(F)F)c1.[CH]1[CH][CH][CH][CH]1.[Fe]. The summed E-state index contributed by atoms with van der Waals surface area (Å²) in [5, 5.41) is 1.32. The molecule has 5 aromatic carbocycles. The van der Waals surface area contributed by atoms with Crippen molar-refractivity contribution < 1.29 is 69.8 Å². The maximum Gasteiger partial charge on any atom is 0.416 e. The number of benzene rings is 5. The molecule has 0 amide bonds. The van der Waals surface area contributed by atoms with Gasteiger partial charge in [-0.1, -0.05) is 91.9 Å². The molecule has 2 aliphatic carbocycles. The molecule has 0 unspecified atom stereocenters. The number of hydrogen-bond acceptors (Lipinski definition) is 0. The normalized spacial score (nSPS) is 16.0. The van der Waals surface area contributed by atoms with Gasteiger partial charge in [0.1, 0.15) is 0 Å². The van der Waals surface area contributed by atoms with Gasteiger partial charge in [-0.2, -0.15) is 52.7 Å². The number of alkyl halides is 12. The quantitative estimate of drug-likeness (QED) is 0.0826. The monoisotopic (exact) mass is 930 g/mol. The van der Waals surface area contributed by atoms with Crippen LogP contribution in [-0.4, -0.2) is 5.66 Å². The van der Waals surface area contributed by atoms with Gasteiger partial charge in [0.2, 0.25) is 0 Å². The molecule has 0 N–H and O–H groups in total. The minimum Gasteiger partial charge on any atom is -0.166 e. The van der Waals surface area contributed by atoms with Crippen LogP contribution in [0.25, 0.3) is 0 Å². The van der Waals surface area contributed by atoms with E-state index in [1.807, 2.05) is 105 Å². The average molecular weight is 931 g/mol. The van der Waals surface area contributed by atoms with Crippen LogP contribution in [0.3, 0.4) is 0 Å².